The number of hydrogen-bond donors (Lipinski definition) is 1. The largest absolute Gasteiger partial charge is 0.376 e. The zero-order chi connectivity index (χ0) is 17.3. The molecule has 2 aliphatic rings. The molecule has 0 radical (unpaired) electrons. The second-order valence-corrected chi connectivity index (χ2v) is 6.89. The van der Waals surface area contributed by atoms with Crippen molar-refractivity contribution in [3.63, 3.8) is 0 Å². The summed E-state index contributed by atoms with van der Waals surface area (Å²) < 4.78 is 11.9. The lowest BCUT2D eigenvalue weighted by molar-refractivity contribution is -0.0721. The van der Waals surface area contributed by atoms with Gasteiger partial charge in [-0.25, -0.2) is 0 Å². The minimum Gasteiger partial charge on any atom is -0.376 e. The van der Waals surface area contributed by atoms with E-state index < -0.39 is 0 Å². The fourth-order valence-electron chi connectivity index (χ4n) is 3.53. The molecule has 0 saturated carbocycles. The van der Waals surface area contributed by atoms with Gasteiger partial charge in [0.1, 0.15) is 0 Å². The molecule has 0 aliphatic carbocycles. The normalized spacial score (nSPS) is 22.8. The van der Waals surface area contributed by atoms with Gasteiger partial charge in [-0.1, -0.05) is 30.3 Å². The zero-order valence-corrected chi connectivity index (χ0v) is 15.3. The summed E-state index contributed by atoms with van der Waals surface area (Å²) in [5.74, 6) is 0.984. The molecule has 138 valence electrons. The van der Waals surface area contributed by atoms with Gasteiger partial charge < -0.3 is 19.7 Å². The third-order valence-corrected chi connectivity index (χ3v) is 5.04. The van der Waals surface area contributed by atoms with Crippen LogP contribution in [0.2, 0.25) is 0 Å². The van der Waals surface area contributed by atoms with Gasteiger partial charge in [0, 0.05) is 33.3 Å². The van der Waals surface area contributed by atoms with Gasteiger partial charge in [0.05, 0.1) is 18.8 Å². The SMILES string of the molecule is CN=C(NCc1ccccc1)N1CCC(OCC2CCCCO2)CC1. The molecule has 1 aromatic carbocycles. The molecule has 1 unspecified atom stereocenters. The highest BCUT2D eigenvalue weighted by Gasteiger charge is 2.23. The Balaban J connectivity index is 1.38. The molecule has 2 heterocycles. The van der Waals surface area contributed by atoms with Crippen molar-refractivity contribution in [1.82, 2.24) is 10.2 Å². The maximum atomic E-state index is 6.10. The van der Waals surface area contributed by atoms with Gasteiger partial charge in [-0.3, -0.25) is 4.99 Å². The van der Waals surface area contributed by atoms with Crippen molar-refractivity contribution < 1.29 is 9.47 Å². The van der Waals surface area contributed by atoms with Crippen LogP contribution in [0.4, 0.5) is 0 Å². The summed E-state index contributed by atoms with van der Waals surface area (Å²) in [7, 11) is 1.86. The Kier molecular flexibility index (Phi) is 7.12. The van der Waals surface area contributed by atoms with Gasteiger partial charge in [0.25, 0.3) is 0 Å². The summed E-state index contributed by atoms with van der Waals surface area (Å²) >= 11 is 0. The molecular formula is C20H31N3O2. The summed E-state index contributed by atoms with van der Waals surface area (Å²) in [6, 6.07) is 10.4. The highest BCUT2D eigenvalue weighted by Crippen LogP contribution is 2.18. The molecule has 1 aromatic rings. The minimum atomic E-state index is 0.312. The van der Waals surface area contributed by atoms with E-state index in [4.69, 9.17) is 9.47 Å². The first-order chi connectivity index (χ1) is 12.3. The molecule has 0 spiro atoms. The maximum Gasteiger partial charge on any atom is 0.193 e. The van der Waals surface area contributed by atoms with Crippen LogP contribution in [0, 0.1) is 0 Å². The molecule has 1 atom stereocenters. The number of benzene rings is 1. The van der Waals surface area contributed by atoms with Crippen molar-refractivity contribution in [3.8, 4) is 0 Å². The highest BCUT2D eigenvalue weighted by atomic mass is 16.5. The smallest absolute Gasteiger partial charge is 0.193 e. The summed E-state index contributed by atoms with van der Waals surface area (Å²) in [6.45, 7) is 4.44. The van der Waals surface area contributed by atoms with Gasteiger partial charge in [0.2, 0.25) is 0 Å². The van der Waals surface area contributed by atoms with Crippen molar-refractivity contribution in [3.05, 3.63) is 35.9 Å². The van der Waals surface area contributed by atoms with Gasteiger partial charge in [-0.05, 0) is 37.7 Å². The third-order valence-electron chi connectivity index (χ3n) is 5.04. The monoisotopic (exact) mass is 345 g/mol. The lowest BCUT2D eigenvalue weighted by Gasteiger charge is -2.35. The molecule has 25 heavy (non-hydrogen) atoms. The van der Waals surface area contributed by atoms with Crippen LogP contribution in [0.25, 0.3) is 0 Å². The first-order valence-electron chi connectivity index (χ1n) is 9.58. The van der Waals surface area contributed by atoms with E-state index in [1.165, 1.54) is 18.4 Å². The van der Waals surface area contributed by atoms with Crippen molar-refractivity contribution in [1.29, 1.82) is 0 Å². The second-order valence-electron chi connectivity index (χ2n) is 6.89. The first-order valence-corrected chi connectivity index (χ1v) is 9.58. The lowest BCUT2D eigenvalue weighted by atomic mass is 10.1. The van der Waals surface area contributed by atoms with Crippen molar-refractivity contribution in [2.75, 3.05) is 33.4 Å². The van der Waals surface area contributed by atoms with E-state index in [2.05, 4.69) is 39.5 Å². The van der Waals surface area contributed by atoms with Crippen molar-refractivity contribution in [2.24, 2.45) is 4.99 Å². The Labute approximate surface area is 151 Å². The number of aliphatic imine (C=N–C) groups is 1. The molecule has 2 saturated heterocycles. The zero-order valence-electron chi connectivity index (χ0n) is 15.3. The van der Waals surface area contributed by atoms with Crippen LogP contribution < -0.4 is 5.32 Å². The van der Waals surface area contributed by atoms with Crippen LogP contribution in [0.3, 0.4) is 0 Å². The number of nitrogens with one attached hydrogen (secondary N) is 1. The van der Waals surface area contributed by atoms with E-state index in [1.54, 1.807) is 0 Å². The summed E-state index contributed by atoms with van der Waals surface area (Å²) in [5, 5.41) is 3.47. The van der Waals surface area contributed by atoms with Gasteiger partial charge >= 0.3 is 0 Å². The van der Waals surface area contributed by atoms with E-state index in [-0.39, 0.29) is 0 Å². The third kappa shape index (κ3) is 5.72. The number of hydrogen-bond acceptors (Lipinski definition) is 3. The van der Waals surface area contributed by atoms with E-state index >= 15 is 0 Å². The fraction of sp³-hybridized carbons (Fsp3) is 0.650. The van der Waals surface area contributed by atoms with Gasteiger partial charge in [0.15, 0.2) is 5.96 Å². The molecule has 2 fully saturated rings. The van der Waals surface area contributed by atoms with Crippen LogP contribution in [0.15, 0.2) is 35.3 Å². The number of piperidine rings is 1. The topological polar surface area (TPSA) is 46.1 Å². The Morgan fingerprint density at radius 2 is 2.00 bits per heavy atom. The number of guanidine groups is 1. The summed E-state index contributed by atoms with van der Waals surface area (Å²) in [4.78, 5) is 6.78. The van der Waals surface area contributed by atoms with Crippen LogP contribution in [0.5, 0.6) is 0 Å². The molecule has 3 rings (SSSR count). The number of nitrogens with zero attached hydrogens (tertiary/aromatic N) is 2. The number of rotatable bonds is 5. The molecule has 5 heteroatoms. The molecule has 2 aliphatic heterocycles. The fourth-order valence-corrected chi connectivity index (χ4v) is 3.53. The van der Waals surface area contributed by atoms with E-state index in [1.807, 2.05) is 13.1 Å². The minimum absolute atomic E-state index is 0.312. The van der Waals surface area contributed by atoms with Gasteiger partial charge in [-0.15, -0.1) is 0 Å². The average Bonchev–Trinajstić information content (AvgIpc) is 2.69. The van der Waals surface area contributed by atoms with Crippen LogP contribution in [-0.2, 0) is 16.0 Å². The second kappa shape index (κ2) is 9.78. The highest BCUT2D eigenvalue weighted by molar-refractivity contribution is 5.79. The average molecular weight is 345 g/mol. The summed E-state index contributed by atoms with van der Waals surface area (Å²) in [5.41, 5.74) is 1.27. The first kappa shape index (κ1) is 18.2. The van der Waals surface area contributed by atoms with Crippen molar-refractivity contribution in [2.45, 2.75) is 50.9 Å². The molecule has 1 N–H and O–H groups in total. The molecular weight excluding hydrogens is 314 g/mol. The van der Waals surface area contributed by atoms with Gasteiger partial charge in [-0.2, -0.15) is 0 Å². The lowest BCUT2D eigenvalue weighted by Crippen LogP contribution is -2.47. The predicted octanol–water partition coefficient (Wildman–Crippen LogP) is 2.81. The number of likely N-dealkylation sites (tertiary alicyclic amines) is 1. The molecule has 5 nitrogen and oxygen atoms in total. The van der Waals surface area contributed by atoms with Crippen LogP contribution in [-0.4, -0.2) is 56.4 Å². The molecule has 0 aromatic heterocycles. The van der Waals surface area contributed by atoms with E-state index in [0.717, 1.165) is 58.1 Å². The van der Waals surface area contributed by atoms with Crippen molar-refractivity contribution >= 4 is 5.96 Å². The Morgan fingerprint density at radius 1 is 1.20 bits per heavy atom. The quantitative estimate of drug-likeness (QED) is 0.658. The summed E-state index contributed by atoms with van der Waals surface area (Å²) in [6.07, 6.45) is 6.40. The Morgan fingerprint density at radius 3 is 2.68 bits per heavy atom. The van der Waals surface area contributed by atoms with Crippen LogP contribution in [0.1, 0.15) is 37.7 Å². The standard InChI is InChI=1S/C20H31N3O2/c1-21-20(22-15-17-7-3-2-4-8-17)23-12-10-18(11-13-23)25-16-19-9-5-6-14-24-19/h2-4,7-8,18-19H,5-6,9-16H2,1H3,(H,21,22). The van der Waals surface area contributed by atoms with E-state index in [9.17, 15) is 0 Å². The molecule has 0 bridgehead atoms. The maximum absolute atomic E-state index is 6.10. The Bertz CT molecular complexity index is 521. The van der Waals surface area contributed by atoms with E-state index in [0.29, 0.717) is 12.2 Å². The predicted molar refractivity (Wildman–Crippen MR) is 101 cm³/mol. The van der Waals surface area contributed by atoms with Crippen LogP contribution >= 0.6 is 0 Å². The Hall–Kier alpha value is -1.59. The number of ether oxygens (including phenoxy) is 2. The molecule has 0 amide bonds.